The molecule has 3 aromatic heterocycles. The van der Waals surface area contributed by atoms with Crippen LogP contribution in [0.25, 0.3) is 22.2 Å². The fraction of sp³-hybridized carbons (Fsp3) is 0.548. The third-order valence-corrected chi connectivity index (χ3v) is 8.72. The molecule has 6 rings (SSSR count). The van der Waals surface area contributed by atoms with Crippen molar-refractivity contribution in [1.29, 1.82) is 0 Å². The molecule has 3 aliphatic rings. The Morgan fingerprint density at radius 3 is 2.48 bits per heavy atom. The van der Waals surface area contributed by atoms with Gasteiger partial charge in [-0.15, -0.1) is 0 Å². The lowest BCUT2D eigenvalue weighted by atomic mass is 10.1. The van der Waals surface area contributed by atoms with Crippen LogP contribution in [0.3, 0.4) is 0 Å². The van der Waals surface area contributed by atoms with Crippen LogP contribution < -0.4 is 14.8 Å². The quantitative estimate of drug-likeness (QED) is 0.443. The summed E-state index contributed by atoms with van der Waals surface area (Å²) in [5, 5.41) is 3.99. The molecule has 0 radical (unpaired) electrons. The van der Waals surface area contributed by atoms with Crippen LogP contribution in [0.1, 0.15) is 40.0 Å². The molecule has 224 valence electrons. The van der Waals surface area contributed by atoms with E-state index in [-0.39, 0.29) is 17.9 Å². The number of carbonyl (C=O) groups is 2. The molecule has 1 saturated carbocycles. The second-order valence-electron chi connectivity index (χ2n) is 12.7. The summed E-state index contributed by atoms with van der Waals surface area (Å²) in [6, 6.07) is 6.39. The first kappa shape index (κ1) is 28.3. The fourth-order valence-electron chi connectivity index (χ4n) is 6.55. The topological polar surface area (TPSA) is 111 Å². The number of ether oxygens (including phenoxy) is 3. The van der Waals surface area contributed by atoms with Crippen molar-refractivity contribution >= 4 is 28.7 Å². The number of aryl methyl sites for hydroxylation is 1. The molecule has 0 spiro atoms. The first-order chi connectivity index (χ1) is 20.1. The summed E-state index contributed by atoms with van der Waals surface area (Å²) in [5.41, 5.74) is 2.06. The number of pyridine rings is 2. The minimum Gasteiger partial charge on any atom is -0.496 e. The van der Waals surface area contributed by atoms with Crippen molar-refractivity contribution in [3.8, 4) is 22.9 Å². The van der Waals surface area contributed by atoms with Crippen LogP contribution in [0.5, 0.6) is 11.6 Å². The smallest absolute Gasteiger partial charge is 0.410 e. The minimum absolute atomic E-state index is 0.0124. The van der Waals surface area contributed by atoms with Gasteiger partial charge in [-0.2, -0.15) is 0 Å². The van der Waals surface area contributed by atoms with Gasteiger partial charge in [0, 0.05) is 56.3 Å². The number of likely N-dealkylation sites (tertiary alicyclic amines) is 1. The van der Waals surface area contributed by atoms with Crippen molar-refractivity contribution in [3.63, 3.8) is 0 Å². The number of methoxy groups -OCH3 is 2. The molecule has 11 heteroatoms. The number of aromatic nitrogens is 3. The summed E-state index contributed by atoms with van der Waals surface area (Å²) in [6.45, 7) is 7.96. The van der Waals surface area contributed by atoms with E-state index in [2.05, 4.69) is 20.2 Å². The van der Waals surface area contributed by atoms with E-state index in [1.165, 1.54) is 0 Å². The first-order valence-corrected chi connectivity index (χ1v) is 14.6. The van der Waals surface area contributed by atoms with Crippen LogP contribution in [0.15, 0.2) is 30.6 Å². The van der Waals surface area contributed by atoms with Crippen LogP contribution in [0, 0.1) is 11.8 Å². The van der Waals surface area contributed by atoms with Crippen molar-refractivity contribution in [1.82, 2.24) is 24.3 Å². The van der Waals surface area contributed by atoms with Gasteiger partial charge < -0.3 is 29.0 Å². The van der Waals surface area contributed by atoms with Gasteiger partial charge in [0.1, 0.15) is 22.7 Å². The molecule has 2 bridgehead atoms. The van der Waals surface area contributed by atoms with Gasteiger partial charge in [0.25, 0.3) is 0 Å². The normalized spacial score (nSPS) is 23.6. The van der Waals surface area contributed by atoms with E-state index in [1.54, 1.807) is 32.7 Å². The Kier molecular flexibility index (Phi) is 7.24. The first-order valence-electron chi connectivity index (χ1n) is 14.6. The second-order valence-corrected chi connectivity index (χ2v) is 12.7. The molecule has 1 aliphatic carbocycles. The largest absolute Gasteiger partial charge is 0.496 e. The maximum Gasteiger partial charge on any atom is 0.410 e. The molecular formula is C31H40N6O5. The number of fused-ring (bicyclic) bond motifs is 3. The van der Waals surface area contributed by atoms with Crippen LogP contribution in [0.4, 0.5) is 10.6 Å². The highest BCUT2D eigenvalue weighted by atomic mass is 16.6. The monoisotopic (exact) mass is 576 g/mol. The Hall–Kier alpha value is -3.86. The molecule has 42 heavy (non-hydrogen) atoms. The van der Waals surface area contributed by atoms with E-state index in [0.717, 1.165) is 48.0 Å². The average Bonchev–Trinajstić information content (AvgIpc) is 3.60. The van der Waals surface area contributed by atoms with E-state index in [0.29, 0.717) is 48.5 Å². The zero-order valence-electron chi connectivity index (χ0n) is 25.2. The molecule has 2 unspecified atom stereocenters. The molecule has 11 nitrogen and oxygen atoms in total. The number of hydrogen-bond donors (Lipinski definition) is 1. The molecular weight excluding hydrogens is 536 g/mol. The Bertz CT molecular complexity index is 1480. The number of nitrogens with one attached hydrogen (secondary N) is 1. The molecule has 3 fully saturated rings. The molecule has 4 atom stereocenters. The highest BCUT2D eigenvalue weighted by Gasteiger charge is 2.49. The van der Waals surface area contributed by atoms with E-state index in [1.807, 2.05) is 49.4 Å². The zero-order valence-corrected chi connectivity index (χ0v) is 25.2. The number of anilines is 1. The van der Waals surface area contributed by atoms with Gasteiger partial charge in [-0.05, 0) is 64.2 Å². The fourth-order valence-corrected chi connectivity index (χ4v) is 6.55. The van der Waals surface area contributed by atoms with E-state index >= 15 is 0 Å². The van der Waals surface area contributed by atoms with Gasteiger partial charge in [-0.1, -0.05) is 0 Å². The summed E-state index contributed by atoms with van der Waals surface area (Å²) in [6.07, 6.45) is 6.22. The predicted octanol–water partition coefficient (Wildman–Crippen LogP) is 4.31. The maximum absolute atomic E-state index is 13.2. The third-order valence-electron chi connectivity index (χ3n) is 8.72. The molecule has 2 saturated heterocycles. The molecule has 2 aliphatic heterocycles. The summed E-state index contributed by atoms with van der Waals surface area (Å²) < 4.78 is 18.7. The standard InChI is InChI=1S/C31H40N6O5/c1-31(2,3)42-30(39)36-16-20-7-8-21(17-36)37(20)15-19-11-22(19)28(38)34-26-13-18-12-23(35(4)24(18)14-33-26)27-25(40-5)9-10-32-29(27)41-6/h9-10,12-14,19-22H,7-8,11,15-17H2,1-6H3,(H,33,34,38)/t19-,20?,21?,22+/m0/s1. The molecule has 0 aromatic carbocycles. The number of amides is 2. The van der Waals surface area contributed by atoms with Gasteiger partial charge in [0.2, 0.25) is 11.8 Å². The van der Waals surface area contributed by atoms with Crippen molar-refractivity contribution in [2.75, 3.05) is 39.2 Å². The highest BCUT2D eigenvalue weighted by Crippen LogP contribution is 2.43. The number of rotatable bonds is 7. The summed E-state index contributed by atoms with van der Waals surface area (Å²) >= 11 is 0. The van der Waals surface area contributed by atoms with Gasteiger partial charge in [0.05, 0.1) is 31.6 Å². The lowest BCUT2D eigenvalue weighted by Gasteiger charge is -2.41. The molecule has 1 N–H and O–H groups in total. The number of piperazine rings is 1. The summed E-state index contributed by atoms with van der Waals surface area (Å²) in [7, 11) is 5.16. The van der Waals surface area contributed by atoms with Crippen LogP contribution in [0.2, 0.25) is 0 Å². The number of nitrogens with zero attached hydrogens (tertiary/aromatic N) is 5. The lowest BCUT2D eigenvalue weighted by molar-refractivity contribution is -0.117. The van der Waals surface area contributed by atoms with E-state index in [4.69, 9.17) is 14.2 Å². The van der Waals surface area contributed by atoms with Gasteiger partial charge in [-0.25, -0.2) is 14.8 Å². The maximum atomic E-state index is 13.2. The molecule has 3 aromatic rings. The number of carbonyl (C=O) groups excluding carboxylic acids is 2. The average molecular weight is 577 g/mol. The lowest BCUT2D eigenvalue weighted by Crippen LogP contribution is -2.56. The number of hydrogen-bond acceptors (Lipinski definition) is 8. The van der Waals surface area contributed by atoms with Crippen molar-refractivity contribution in [2.24, 2.45) is 18.9 Å². The molecule has 5 heterocycles. The Balaban J connectivity index is 1.09. The van der Waals surface area contributed by atoms with Crippen molar-refractivity contribution in [3.05, 3.63) is 30.6 Å². The van der Waals surface area contributed by atoms with Crippen LogP contribution in [-0.4, -0.2) is 87.9 Å². The van der Waals surface area contributed by atoms with Crippen LogP contribution in [-0.2, 0) is 16.6 Å². The SMILES string of the molecule is COc1ccnc(OC)c1-c1cc2cc(NC(=O)[C@@H]3C[C@H]3CN3C4CCC3CN(C(=O)OC(C)(C)C)C4)ncc2n1C. The van der Waals surface area contributed by atoms with Crippen molar-refractivity contribution in [2.45, 2.75) is 57.7 Å². The summed E-state index contributed by atoms with van der Waals surface area (Å²) in [4.78, 5) is 39.1. The van der Waals surface area contributed by atoms with Gasteiger partial charge >= 0.3 is 6.09 Å². The zero-order chi connectivity index (χ0) is 29.8. The Labute approximate surface area is 246 Å². The van der Waals surface area contributed by atoms with Crippen molar-refractivity contribution < 1.29 is 23.8 Å². The highest BCUT2D eigenvalue weighted by molar-refractivity contribution is 5.96. The summed E-state index contributed by atoms with van der Waals surface area (Å²) in [5.74, 6) is 1.97. The van der Waals surface area contributed by atoms with Gasteiger partial charge in [-0.3, -0.25) is 9.69 Å². The van der Waals surface area contributed by atoms with Crippen LogP contribution >= 0.6 is 0 Å². The van der Waals surface area contributed by atoms with E-state index < -0.39 is 5.60 Å². The third kappa shape index (κ3) is 5.37. The minimum atomic E-state index is -0.496. The Morgan fingerprint density at radius 2 is 1.81 bits per heavy atom. The van der Waals surface area contributed by atoms with Gasteiger partial charge in [0.15, 0.2) is 0 Å². The van der Waals surface area contributed by atoms with E-state index in [9.17, 15) is 9.59 Å². The second kappa shape index (κ2) is 10.8. The predicted molar refractivity (Wildman–Crippen MR) is 159 cm³/mol. The Morgan fingerprint density at radius 1 is 1.07 bits per heavy atom. The molecule has 2 amide bonds.